The number of hydrogen-bond acceptors (Lipinski definition) is 4. The molecule has 4 nitrogen and oxygen atoms in total. The van der Waals surface area contributed by atoms with E-state index < -0.39 is 0 Å². The quantitative estimate of drug-likeness (QED) is 0.824. The van der Waals surface area contributed by atoms with Crippen LogP contribution in [-0.2, 0) is 4.79 Å². The maximum atomic E-state index is 11.4. The second-order valence-corrected chi connectivity index (χ2v) is 4.93. The van der Waals surface area contributed by atoms with Crippen LogP contribution in [0.5, 0.6) is 0 Å². The van der Waals surface area contributed by atoms with Crippen molar-refractivity contribution in [3.8, 4) is 0 Å². The average Bonchev–Trinajstić information content (AvgIpc) is 2.42. The molecule has 0 aliphatic heterocycles. The molecule has 0 aliphatic carbocycles. The van der Waals surface area contributed by atoms with Crippen LogP contribution in [0.2, 0.25) is 0 Å². The first-order valence-corrected chi connectivity index (χ1v) is 5.80. The lowest BCUT2D eigenvalue weighted by Gasteiger charge is -2.03. The highest BCUT2D eigenvalue weighted by molar-refractivity contribution is 7.15. The number of amides is 1. The Balaban J connectivity index is 2.44. The number of aromatic nitrogens is 1. The molecule has 1 atom stereocenters. The number of nitrogens with zero attached hydrogens (tertiary/aromatic N) is 1. The van der Waals surface area contributed by atoms with Crippen molar-refractivity contribution in [3.63, 3.8) is 0 Å². The van der Waals surface area contributed by atoms with E-state index in [9.17, 15) is 4.79 Å². The van der Waals surface area contributed by atoms with Gasteiger partial charge in [0.1, 0.15) is 0 Å². The Morgan fingerprint density at radius 3 is 2.73 bits per heavy atom. The molecule has 1 aromatic rings. The Bertz CT molecular complexity index is 327. The van der Waals surface area contributed by atoms with E-state index in [1.165, 1.54) is 11.3 Å². The normalized spacial score (nSPS) is 12.5. The molecule has 0 saturated carbocycles. The largest absolute Gasteiger partial charge is 0.328 e. The Labute approximate surface area is 93.9 Å². The number of nitrogens with two attached hydrogens (primary N) is 1. The number of anilines is 1. The Morgan fingerprint density at radius 2 is 2.27 bits per heavy atom. The van der Waals surface area contributed by atoms with E-state index in [0.29, 0.717) is 18.0 Å². The van der Waals surface area contributed by atoms with Crippen LogP contribution in [-0.4, -0.2) is 16.9 Å². The summed E-state index contributed by atoms with van der Waals surface area (Å²) in [6.45, 7) is 5.82. The molecule has 0 aromatic carbocycles. The van der Waals surface area contributed by atoms with Crippen molar-refractivity contribution < 1.29 is 4.79 Å². The molecule has 0 bridgehead atoms. The van der Waals surface area contributed by atoms with Gasteiger partial charge < -0.3 is 11.1 Å². The van der Waals surface area contributed by atoms with Crippen molar-refractivity contribution in [2.75, 3.05) is 5.32 Å². The van der Waals surface area contributed by atoms with Gasteiger partial charge in [-0.15, -0.1) is 11.3 Å². The smallest absolute Gasteiger partial charge is 0.226 e. The monoisotopic (exact) mass is 227 g/mol. The minimum absolute atomic E-state index is 0.0129. The summed E-state index contributed by atoms with van der Waals surface area (Å²) < 4.78 is 0. The molecule has 5 heteroatoms. The molecule has 0 aliphatic rings. The average molecular weight is 227 g/mol. The zero-order chi connectivity index (χ0) is 11.4. The third kappa shape index (κ3) is 3.97. The molecule has 1 aromatic heterocycles. The summed E-state index contributed by atoms with van der Waals surface area (Å²) in [6, 6.07) is 0.0653. The van der Waals surface area contributed by atoms with Gasteiger partial charge in [-0.05, 0) is 27.2 Å². The van der Waals surface area contributed by atoms with E-state index >= 15 is 0 Å². The maximum Gasteiger partial charge on any atom is 0.226 e. The number of aryl methyl sites for hydroxylation is 2. The van der Waals surface area contributed by atoms with Crippen molar-refractivity contribution in [1.29, 1.82) is 0 Å². The van der Waals surface area contributed by atoms with Gasteiger partial charge >= 0.3 is 0 Å². The molecule has 1 unspecified atom stereocenters. The molecule has 0 radical (unpaired) electrons. The van der Waals surface area contributed by atoms with Crippen LogP contribution in [0.3, 0.4) is 0 Å². The third-order valence-corrected chi connectivity index (χ3v) is 3.09. The minimum Gasteiger partial charge on any atom is -0.328 e. The second-order valence-electron chi connectivity index (χ2n) is 3.72. The number of thiazole rings is 1. The van der Waals surface area contributed by atoms with Crippen LogP contribution in [0.4, 0.5) is 5.13 Å². The fourth-order valence-electron chi connectivity index (χ4n) is 1.07. The number of carbonyl (C=O) groups is 1. The first-order valence-electron chi connectivity index (χ1n) is 4.98. The molecule has 84 valence electrons. The van der Waals surface area contributed by atoms with E-state index in [1.54, 1.807) is 0 Å². The molecule has 0 spiro atoms. The summed E-state index contributed by atoms with van der Waals surface area (Å²) in [5.41, 5.74) is 6.54. The highest BCUT2D eigenvalue weighted by Gasteiger charge is 2.08. The Kier molecular flexibility index (Phi) is 4.23. The molecule has 1 heterocycles. The zero-order valence-electron chi connectivity index (χ0n) is 9.33. The fourth-order valence-corrected chi connectivity index (χ4v) is 1.90. The van der Waals surface area contributed by atoms with Gasteiger partial charge in [-0.1, -0.05) is 0 Å². The van der Waals surface area contributed by atoms with Gasteiger partial charge in [0.2, 0.25) is 5.91 Å². The third-order valence-electron chi connectivity index (χ3n) is 2.10. The van der Waals surface area contributed by atoms with Crippen molar-refractivity contribution in [2.45, 2.75) is 39.7 Å². The first kappa shape index (κ1) is 12.1. The molecule has 1 amide bonds. The Hall–Kier alpha value is -0.940. The summed E-state index contributed by atoms with van der Waals surface area (Å²) in [6.07, 6.45) is 1.16. The molecule has 0 fully saturated rings. The van der Waals surface area contributed by atoms with Crippen LogP contribution in [0.25, 0.3) is 0 Å². The van der Waals surface area contributed by atoms with Crippen LogP contribution in [0.15, 0.2) is 0 Å². The highest BCUT2D eigenvalue weighted by atomic mass is 32.1. The first-order chi connectivity index (χ1) is 6.99. The summed E-state index contributed by atoms with van der Waals surface area (Å²) in [5.74, 6) is -0.0129. The van der Waals surface area contributed by atoms with Gasteiger partial charge in [0.05, 0.1) is 5.69 Å². The van der Waals surface area contributed by atoms with Crippen LogP contribution >= 0.6 is 11.3 Å². The lowest BCUT2D eigenvalue weighted by Crippen LogP contribution is -2.19. The van der Waals surface area contributed by atoms with E-state index in [1.807, 2.05) is 20.8 Å². The summed E-state index contributed by atoms with van der Waals surface area (Å²) in [7, 11) is 0. The molecular weight excluding hydrogens is 210 g/mol. The van der Waals surface area contributed by atoms with E-state index in [0.717, 1.165) is 10.6 Å². The van der Waals surface area contributed by atoms with E-state index in [4.69, 9.17) is 5.73 Å². The van der Waals surface area contributed by atoms with Crippen molar-refractivity contribution in [3.05, 3.63) is 10.6 Å². The Morgan fingerprint density at radius 1 is 1.60 bits per heavy atom. The number of carbonyl (C=O) groups excluding carboxylic acids is 1. The van der Waals surface area contributed by atoms with Gasteiger partial charge in [-0.3, -0.25) is 4.79 Å². The van der Waals surface area contributed by atoms with Crippen LogP contribution < -0.4 is 11.1 Å². The van der Waals surface area contributed by atoms with Crippen molar-refractivity contribution in [2.24, 2.45) is 5.73 Å². The number of rotatable bonds is 4. The molecule has 15 heavy (non-hydrogen) atoms. The number of hydrogen-bond donors (Lipinski definition) is 2. The molecule has 3 N–H and O–H groups in total. The highest BCUT2D eigenvalue weighted by Crippen LogP contribution is 2.21. The SMILES string of the molecule is Cc1nc(NC(=O)CCC(C)N)sc1C. The number of nitrogens with one attached hydrogen (secondary N) is 1. The van der Waals surface area contributed by atoms with Crippen molar-refractivity contribution in [1.82, 2.24) is 4.98 Å². The van der Waals surface area contributed by atoms with Crippen LogP contribution in [0.1, 0.15) is 30.3 Å². The van der Waals surface area contributed by atoms with Gasteiger partial charge in [-0.2, -0.15) is 0 Å². The van der Waals surface area contributed by atoms with E-state index in [-0.39, 0.29) is 11.9 Å². The van der Waals surface area contributed by atoms with Gasteiger partial charge in [0.15, 0.2) is 5.13 Å². The van der Waals surface area contributed by atoms with Gasteiger partial charge in [0.25, 0.3) is 0 Å². The zero-order valence-corrected chi connectivity index (χ0v) is 10.1. The summed E-state index contributed by atoms with van der Waals surface area (Å²) >= 11 is 1.50. The van der Waals surface area contributed by atoms with E-state index in [2.05, 4.69) is 10.3 Å². The van der Waals surface area contributed by atoms with Crippen molar-refractivity contribution >= 4 is 22.4 Å². The molecular formula is C10H17N3OS. The topological polar surface area (TPSA) is 68.0 Å². The van der Waals surface area contributed by atoms with Gasteiger partial charge in [-0.25, -0.2) is 4.98 Å². The fraction of sp³-hybridized carbons (Fsp3) is 0.600. The predicted octanol–water partition coefficient (Wildman–Crippen LogP) is 1.83. The second kappa shape index (κ2) is 5.23. The lowest BCUT2D eigenvalue weighted by atomic mass is 10.2. The van der Waals surface area contributed by atoms with Crippen LogP contribution in [0, 0.1) is 13.8 Å². The van der Waals surface area contributed by atoms with Gasteiger partial charge in [0, 0.05) is 17.3 Å². The summed E-state index contributed by atoms with van der Waals surface area (Å²) in [4.78, 5) is 16.8. The molecule has 1 rings (SSSR count). The predicted molar refractivity (Wildman–Crippen MR) is 63.1 cm³/mol. The summed E-state index contributed by atoms with van der Waals surface area (Å²) in [5, 5.41) is 3.45. The lowest BCUT2D eigenvalue weighted by molar-refractivity contribution is -0.116. The minimum atomic E-state index is -0.0129. The maximum absolute atomic E-state index is 11.4. The standard InChI is InChI=1S/C10H17N3OS/c1-6(11)4-5-9(14)13-10-12-7(2)8(3)15-10/h6H,4-5,11H2,1-3H3,(H,12,13,14). The molecule has 0 saturated heterocycles.